The first-order valence-electron chi connectivity index (χ1n) is 7.44. The van der Waals surface area contributed by atoms with Crippen LogP contribution in [0.15, 0.2) is 28.9 Å². The van der Waals surface area contributed by atoms with Gasteiger partial charge in [-0.3, -0.25) is 4.79 Å². The molecule has 2 aliphatic heterocycles. The summed E-state index contributed by atoms with van der Waals surface area (Å²) in [6, 6.07) is 6.01. The van der Waals surface area contributed by atoms with Crippen LogP contribution in [0.25, 0.3) is 10.9 Å². The van der Waals surface area contributed by atoms with E-state index in [9.17, 15) is 4.79 Å². The molecule has 0 aliphatic carbocycles. The van der Waals surface area contributed by atoms with Gasteiger partial charge in [-0.1, -0.05) is 15.9 Å². The lowest BCUT2D eigenvalue weighted by Crippen LogP contribution is -2.33. The minimum atomic E-state index is 0.156. The SMILES string of the molecule is O=C(c1c[nH]c2ccc(Br)cc12)N1CCC2(CCNC2)C1. The summed E-state index contributed by atoms with van der Waals surface area (Å²) >= 11 is 3.49. The van der Waals surface area contributed by atoms with Gasteiger partial charge in [0.25, 0.3) is 5.91 Å². The average Bonchev–Trinajstić information content (AvgIpc) is 3.20. The number of hydrogen-bond donors (Lipinski definition) is 2. The van der Waals surface area contributed by atoms with Gasteiger partial charge in [0.05, 0.1) is 5.56 Å². The van der Waals surface area contributed by atoms with E-state index in [0.717, 1.165) is 53.5 Å². The molecule has 4 rings (SSSR count). The summed E-state index contributed by atoms with van der Waals surface area (Å²) in [5.41, 5.74) is 2.12. The molecule has 1 aromatic heterocycles. The number of aromatic amines is 1. The Morgan fingerprint density at radius 2 is 2.24 bits per heavy atom. The Labute approximate surface area is 132 Å². The van der Waals surface area contributed by atoms with Gasteiger partial charge < -0.3 is 15.2 Å². The van der Waals surface area contributed by atoms with E-state index < -0.39 is 0 Å². The third-order valence-electron chi connectivity index (χ3n) is 4.93. The molecule has 0 saturated carbocycles. The maximum Gasteiger partial charge on any atom is 0.256 e. The van der Waals surface area contributed by atoms with Gasteiger partial charge in [0.15, 0.2) is 0 Å². The van der Waals surface area contributed by atoms with Crippen molar-refractivity contribution in [2.45, 2.75) is 12.8 Å². The summed E-state index contributed by atoms with van der Waals surface area (Å²) in [4.78, 5) is 18.1. The predicted molar refractivity (Wildman–Crippen MR) is 86.4 cm³/mol. The van der Waals surface area contributed by atoms with Crippen LogP contribution in [0.5, 0.6) is 0 Å². The van der Waals surface area contributed by atoms with Gasteiger partial charge in [0.2, 0.25) is 0 Å². The summed E-state index contributed by atoms with van der Waals surface area (Å²) in [6.07, 6.45) is 4.16. The Morgan fingerprint density at radius 3 is 3.05 bits per heavy atom. The summed E-state index contributed by atoms with van der Waals surface area (Å²) in [6.45, 7) is 3.90. The van der Waals surface area contributed by atoms with Crippen LogP contribution in [0.2, 0.25) is 0 Å². The smallest absolute Gasteiger partial charge is 0.256 e. The zero-order chi connectivity index (χ0) is 14.4. The normalized spacial score (nSPS) is 25.3. The molecular weight excluding hydrogens is 330 g/mol. The second kappa shape index (κ2) is 4.85. The minimum absolute atomic E-state index is 0.156. The minimum Gasteiger partial charge on any atom is -0.360 e. The van der Waals surface area contributed by atoms with Crippen LogP contribution < -0.4 is 5.32 Å². The number of nitrogens with one attached hydrogen (secondary N) is 2. The molecule has 1 unspecified atom stereocenters. The Morgan fingerprint density at radius 1 is 1.33 bits per heavy atom. The lowest BCUT2D eigenvalue weighted by Gasteiger charge is -2.22. The standard InChI is InChI=1S/C16H18BrN3O/c17-11-1-2-14-12(7-11)13(8-19-14)15(21)20-6-4-16(10-20)3-5-18-9-16/h1-2,7-8,18-19H,3-6,9-10H2. The van der Waals surface area contributed by atoms with E-state index in [-0.39, 0.29) is 5.91 Å². The lowest BCUT2D eigenvalue weighted by atomic mass is 9.86. The highest BCUT2D eigenvalue weighted by Gasteiger charge is 2.42. The average molecular weight is 348 g/mol. The molecule has 2 saturated heterocycles. The number of carbonyl (C=O) groups is 1. The Hall–Kier alpha value is -1.33. The van der Waals surface area contributed by atoms with E-state index in [1.165, 1.54) is 6.42 Å². The first-order valence-corrected chi connectivity index (χ1v) is 8.23. The number of halogens is 1. The van der Waals surface area contributed by atoms with Crippen LogP contribution in [0, 0.1) is 5.41 Å². The quantitative estimate of drug-likeness (QED) is 0.833. The number of nitrogens with zero attached hydrogens (tertiary/aromatic N) is 1. The van der Waals surface area contributed by atoms with E-state index in [1.54, 1.807) is 0 Å². The molecule has 1 spiro atoms. The first kappa shape index (κ1) is 13.3. The van der Waals surface area contributed by atoms with Crippen molar-refractivity contribution in [3.63, 3.8) is 0 Å². The van der Waals surface area contributed by atoms with Crippen molar-refractivity contribution in [1.29, 1.82) is 0 Å². The van der Waals surface area contributed by atoms with E-state index in [2.05, 4.69) is 26.2 Å². The van der Waals surface area contributed by atoms with Gasteiger partial charge in [-0.2, -0.15) is 0 Å². The number of fused-ring (bicyclic) bond motifs is 1. The van der Waals surface area contributed by atoms with Gasteiger partial charge in [-0.15, -0.1) is 0 Å². The fraction of sp³-hybridized carbons (Fsp3) is 0.438. The Kier molecular flexibility index (Phi) is 3.08. The highest BCUT2D eigenvalue weighted by atomic mass is 79.9. The second-order valence-corrected chi connectivity index (χ2v) is 7.21. The highest BCUT2D eigenvalue weighted by Crippen LogP contribution is 2.37. The van der Waals surface area contributed by atoms with Crippen molar-refractivity contribution >= 4 is 32.7 Å². The Balaban J connectivity index is 1.63. The van der Waals surface area contributed by atoms with Crippen molar-refractivity contribution in [2.75, 3.05) is 26.2 Å². The molecule has 2 fully saturated rings. The van der Waals surface area contributed by atoms with Crippen molar-refractivity contribution in [3.05, 3.63) is 34.4 Å². The van der Waals surface area contributed by atoms with Gasteiger partial charge in [-0.25, -0.2) is 0 Å². The molecule has 1 amide bonds. The molecule has 1 aromatic carbocycles. The van der Waals surface area contributed by atoms with Crippen LogP contribution in [-0.2, 0) is 0 Å². The molecular formula is C16H18BrN3O. The van der Waals surface area contributed by atoms with Crippen LogP contribution in [0.4, 0.5) is 0 Å². The number of H-pyrrole nitrogens is 1. The first-order chi connectivity index (χ1) is 10.2. The van der Waals surface area contributed by atoms with Crippen LogP contribution in [0.1, 0.15) is 23.2 Å². The zero-order valence-corrected chi connectivity index (χ0v) is 13.4. The Bertz CT molecular complexity index is 703. The number of rotatable bonds is 1. The number of hydrogen-bond acceptors (Lipinski definition) is 2. The third kappa shape index (κ3) is 2.19. The largest absolute Gasteiger partial charge is 0.360 e. The number of benzene rings is 1. The van der Waals surface area contributed by atoms with Gasteiger partial charge in [0, 0.05) is 46.6 Å². The molecule has 1 atom stereocenters. The topological polar surface area (TPSA) is 48.1 Å². The van der Waals surface area contributed by atoms with Crippen LogP contribution in [0.3, 0.4) is 0 Å². The fourth-order valence-electron chi connectivity index (χ4n) is 3.69. The van der Waals surface area contributed by atoms with E-state index in [1.807, 2.05) is 29.3 Å². The molecule has 4 nitrogen and oxygen atoms in total. The number of amides is 1. The van der Waals surface area contributed by atoms with Gasteiger partial charge in [0.1, 0.15) is 0 Å². The summed E-state index contributed by atoms with van der Waals surface area (Å²) in [5.74, 6) is 0.156. The maximum absolute atomic E-state index is 12.8. The van der Waals surface area contributed by atoms with Gasteiger partial charge >= 0.3 is 0 Å². The molecule has 110 valence electrons. The lowest BCUT2D eigenvalue weighted by molar-refractivity contribution is 0.0777. The molecule has 3 heterocycles. The third-order valence-corrected chi connectivity index (χ3v) is 5.43. The molecule has 0 bridgehead atoms. The van der Waals surface area contributed by atoms with Crippen LogP contribution in [-0.4, -0.2) is 42.0 Å². The number of likely N-dealkylation sites (tertiary alicyclic amines) is 1. The summed E-state index contributed by atoms with van der Waals surface area (Å²) in [5, 5.41) is 4.44. The van der Waals surface area contributed by atoms with E-state index >= 15 is 0 Å². The number of aromatic nitrogens is 1. The van der Waals surface area contributed by atoms with Crippen molar-refractivity contribution < 1.29 is 4.79 Å². The summed E-state index contributed by atoms with van der Waals surface area (Å²) in [7, 11) is 0. The van der Waals surface area contributed by atoms with Crippen molar-refractivity contribution in [3.8, 4) is 0 Å². The highest BCUT2D eigenvalue weighted by molar-refractivity contribution is 9.10. The predicted octanol–water partition coefficient (Wildman–Crippen LogP) is 2.76. The van der Waals surface area contributed by atoms with Crippen LogP contribution >= 0.6 is 15.9 Å². The van der Waals surface area contributed by atoms with E-state index in [0.29, 0.717) is 5.41 Å². The van der Waals surface area contributed by atoms with Gasteiger partial charge in [-0.05, 0) is 37.6 Å². The second-order valence-electron chi connectivity index (χ2n) is 6.30. The summed E-state index contributed by atoms with van der Waals surface area (Å²) < 4.78 is 1.00. The number of carbonyl (C=O) groups excluding carboxylic acids is 1. The molecule has 2 aromatic rings. The molecule has 2 N–H and O–H groups in total. The van der Waals surface area contributed by atoms with E-state index in [4.69, 9.17) is 0 Å². The monoisotopic (exact) mass is 347 g/mol. The molecule has 5 heteroatoms. The zero-order valence-electron chi connectivity index (χ0n) is 11.8. The maximum atomic E-state index is 12.8. The molecule has 21 heavy (non-hydrogen) atoms. The molecule has 0 radical (unpaired) electrons. The van der Waals surface area contributed by atoms with Crippen molar-refractivity contribution in [1.82, 2.24) is 15.2 Å². The van der Waals surface area contributed by atoms with Crippen molar-refractivity contribution in [2.24, 2.45) is 5.41 Å². The molecule has 2 aliphatic rings. The fourth-order valence-corrected chi connectivity index (χ4v) is 4.05.